The highest BCUT2D eigenvalue weighted by Crippen LogP contribution is 2.36. The van der Waals surface area contributed by atoms with Crippen molar-refractivity contribution in [1.29, 1.82) is 0 Å². The van der Waals surface area contributed by atoms with Crippen LogP contribution in [0, 0.1) is 6.92 Å². The number of para-hydroxylation sites is 1. The van der Waals surface area contributed by atoms with Crippen LogP contribution in [0.3, 0.4) is 0 Å². The summed E-state index contributed by atoms with van der Waals surface area (Å²) in [7, 11) is 2.12. The molecule has 5 rings (SSSR count). The Morgan fingerprint density at radius 2 is 1.97 bits per heavy atom. The van der Waals surface area contributed by atoms with Crippen molar-refractivity contribution in [2.45, 2.75) is 32.9 Å². The first kappa shape index (κ1) is 21.2. The molecule has 1 amide bonds. The Bertz CT molecular complexity index is 1330. The number of primary amides is 1. The second-order valence-corrected chi connectivity index (χ2v) is 8.58. The van der Waals surface area contributed by atoms with E-state index in [2.05, 4.69) is 29.4 Å². The van der Waals surface area contributed by atoms with E-state index in [0.717, 1.165) is 48.4 Å². The summed E-state index contributed by atoms with van der Waals surface area (Å²) in [5.41, 5.74) is 10.6. The highest BCUT2D eigenvalue weighted by atomic mass is 16.3. The van der Waals surface area contributed by atoms with Gasteiger partial charge in [-0.25, -0.2) is 9.97 Å². The van der Waals surface area contributed by atoms with Crippen molar-refractivity contribution in [2.24, 2.45) is 5.73 Å². The molecule has 0 unspecified atom stereocenters. The van der Waals surface area contributed by atoms with E-state index in [1.807, 2.05) is 37.3 Å². The minimum Gasteiger partial charge on any atom is -0.460 e. The fraction of sp³-hybridized carbons (Fsp3) is 0.269. The van der Waals surface area contributed by atoms with Crippen molar-refractivity contribution in [3.63, 3.8) is 0 Å². The molecule has 0 radical (unpaired) electrons. The molecule has 0 aliphatic carbocycles. The van der Waals surface area contributed by atoms with Crippen LogP contribution in [-0.2, 0) is 19.5 Å². The summed E-state index contributed by atoms with van der Waals surface area (Å²) in [5, 5.41) is 4.35. The van der Waals surface area contributed by atoms with Gasteiger partial charge in [-0.05, 0) is 45.0 Å². The molecular weight excluding hydrogens is 414 g/mol. The number of fused-ring (bicyclic) bond motifs is 2. The predicted molar refractivity (Wildman–Crippen MR) is 129 cm³/mol. The molecule has 0 spiro atoms. The second-order valence-electron chi connectivity index (χ2n) is 8.58. The quantitative estimate of drug-likeness (QED) is 0.480. The molecular formula is C26H27N5O2. The summed E-state index contributed by atoms with van der Waals surface area (Å²) in [4.78, 5) is 24.2. The lowest BCUT2D eigenvalue weighted by molar-refractivity contribution is 0.100. The molecule has 0 bridgehead atoms. The molecule has 1 aliphatic rings. The second kappa shape index (κ2) is 8.67. The zero-order valence-electron chi connectivity index (χ0n) is 18.9. The number of nitrogens with one attached hydrogen (secondary N) is 1. The molecule has 33 heavy (non-hydrogen) atoms. The summed E-state index contributed by atoms with van der Waals surface area (Å²) < 4.78 is 5.99. The number of anilines is 1. The summed E-state index contributed by atoms with van der Waals surface area (Å²) in [5.74, 6) is 1.59. The van der Waals surface area contributed by atoms with Crippen LogP contribution in [0.5, 0.6) is 0 Å². The van der Waals surface area contributed by atoms with Crippen molar-refractivity contribution < 1.29 is 9.21 Å². The van der Waals surface area contributed by atoms with Gasteiger partial charge in [-0.2, -0.15) is 0 Å². The van der Waals surface area contributed by atoms with E-state index in [0.29, 0.717) is 29.3 Å². The normalized spacial score (nSPS) is 14.1. The number of hydrogen-bond acceptors (Lipinski definition) is 6. The summed E-state index contributed by atoms with van der Waals surface area (Å²) in [6, 6.07) is 15.7. The van der Waals surface area contributed by atoms with Gasteiger partial charge in [0.2, 0.25) is 0 Å². The minimum absolute atomic E-state index is 0.360. The number of benzene rings is 2. The first-order valence-corrected chi connectivity index (χ1v) is 11.2. The van der Waals surface area contributed by atoms with Crippen LogP contribution in [0.15, 0.2) is 52.9 Å². The highest BCUT2D eigenvalue weighted by Gasteiger charge is 2.24. The number of aryl methyl sites for hydroxylation is 1. The Balaban J connectivity index is 1.65. The molecule has 7 nitrogen and oxygen atoms in total. The average Bonchev–Trinajstić information content (AvgIpc) is 3.02. The average molecular weight is 442 g/mol. The van der Waals surface area contributed by atoms with Gasteiger partial charge in [0.1, 0.15) is 17.2 Å². The fourth-order valence-corrected chi connectivity index (χ4v) is 4.53. The molecule has 4 aromatic rings. The van der Waals surface area contributed by atoms with E-state index in [4.69, 9.17) is 20.1 Å². The number of nitrogens with two attached hydrogens (primary N) is 1. The van der Waals surface area contributed by atoms with Crippen molar-refractivity contribution in [3.05, 3.63) is 76.7 Å². The molecule has 0 atom stereocenters. The predicted octanol–water partition coefficient (Wildman–Crippen LogP) is 4.29. The topological polar surface area (TPSA) is 97.3 Å². The van der Waals surface area contributed by atoms with Crippen LogP contribution >= 0.6 is 0 Å². The number of nitrogens with zero attached hydrogens (tertiary/aromatic N) is 3. The van der Waals surface area contributed by atoms with E-state index in [-0.39, 0.29) is 0 Å². The maximum atomic E-state index is 11.9. The Morgan fingerprint density at radius 3 is 2.76 bits per heavy atom. The third kappa shape index (κ3) is 4.07. The lowest BCUT2D eigenvalue weighted by Crippen LogP contribution is -2.18. The molecule has 3 heterocycles. The van der Waals surface area contributed by atoms with Crippen molar-refractivity contribution >= 4 is 22.7 Å². The van der Waals surface area contributed by atoms with Crippen molar-refractivity contribution in [2.75, 3.05) is 18.9 Å². The third-order valence-electron chi connectivity index (χ3n) is 6.16. The molecule has 0 saturated heterocycles. The van der Waals surface area contributed by atoms with Crippen LogP contribution in [-0.4, -0.2) is 34.4 Å². The maximum absolute atomic E-state index is 11.9. The van der Waals surface area contributed by atoms with Gasteiger partial charge in [0.15, 0.2) is 5.82 Å². The van der Waals surface area contributed by atoms with E-state index in [1.54, 1.807) is 6.07 Å². The summed E-state index contributed by atoms with van der Waals surface area (Å²) in [6.07, 6.45) is 1.98. The van der Waals surface area contributed by atoms with E-state index >= 15 is 0 Å². The zero-order chi connectivity index (χ0) is 22.9. The smallest absolute Gasteiger partial charge is 0.252 e. The molecule has 168 valence electrons. The Labute approximate surface area is 192 Å². The number of hydrogen-bond donors (Lipinski definition) is 2. The first-order chi connectivity index (χ1) is 16.0. The van der Waals surface area contributed by atoms with Crippen LogP contribution in [0.1, 0.15) is 39.4 Å². The van der Waals surface area contributed by atoms with Gasteiger partial charge in [-0.1, -0.05) is 42.5 Å². The van der Waals surface area contributed by atoms with Crippen LogP contribution in [0.25, 0.3) is 22.4 Å². The SMILES string of the molecule is Cc1oc2c(C(N)=O)cccc2c1-c1nc2c(c(NCc3ccccc3)n1)CCCN(C)C2. The van der Waals surface area contributed by atoms with Crippen LogP contribution in [0.4, 0.5) is 5.82 Å². The number of aromatic nitrogens is 2. The number of carbonyl (C=O) groups excluding carboxylic acids is 1. The molecule has 1 aliphatic heterocycles. The largest absolute Gasteiger partial charge is 0.460 e. The van der Waals surface area contributed by atoms with Gasteiger partial charge in [0.25, 0.3) is 5.91 Å². The summed E-state index contributed by atoms with van der Waals surface area (Å²) >= 11 is 0. The standard InChI is InChI=1S/C26H27N5O2/c1-16-22(19-10-6-11-20(24(27)32)23(19)33-16)26-29-21-15-31(2)13-7-12-18(21)25(30-26)28-14-17-8-4-3-5-9-17/h3-6,8-11H,7,12-15H2,1-2H3,(H2,27,32)(H,28,29,30). The number of rotatable bonds is 5. The Morgan fingerprint density at radius 1 is 1.15 bits per heavy atom. The molecule has 2 aromatic heterocycles. The van der Waals surface area contributed by atoms with Gasteiger partial charge in [-0.3, -0.25) is 4.79 Å². The molecule has 2 aromatic carbocycles. The molecule has 3 N–H and O–H groups in total. The molecule has 7 heteroatoms. The number of amides is 1. The highest BCUT2D eigenvalue weighted by molar-refractivity contribution is 6.07. The van der Waals surface area contributed by atoms with Gasteiger partial charge in [-0.15, -0.1) is 0 Å². The van der Waals surface area contributed by atoms with Crippen LogP contribution < -0.4 is 11.1 Å². The lowest BCUT2D eigenvalue weighted by atomic mass is 10.1. The van der Waals surface area contributed by atoms with Crippen LogP contribution in [0.2, 0.25) is 0 Å². The summed E-state index contributed by atoms with van der Waals surface area (Å²) in [6.45, 7) is 4.32. The van der Waals surface area contributed by atoms with Gasteiger partial charge >= 0.3 is 0 Å². The zero-order valence-corrected chi connectivity index (χ0v) is 18.9. The maximum Gasteiger partial charge on any atom is 0.252 e. The van der Waals surface area contributed by atoms with Gasteiger partial charge in [0, 0.05) is 24.0 Å². The number of furan rings is 1. The van der Waals surface area contributed by atoms with E-state index in [1.165, 1.54) is 11.1 Å². The molecule has 0 fully saturated rings. The minimum atomic E-state index is -0.518. The monoisotopic (exact) mass is 441 g/mol. The lowest BCUT2D eigenvalue weighted by Gasteiger charge is -2.16. The molecule has 0 saturated carbocycles. The van der Waals surface area contributed by atoms with E-state index < -0.39 is 5.91 Å². The fourth-order valence-electron chi connectivity index (χ4n) is 4.53. The Hall–Kier alpha value is -3.71. The number of carbonyl (C=O) groups is 1. The third-order valence-corrected chi connectivity index (χ3v) is 6.16. The van der Waals surface area contributed by atoms with E-state index in [9.17, 15) is 4.79 Å². The van der Waals surface area contributed by atoms with Crippen molar-refractivity contribution in [1.82, 2.24) is 14.9 Å². The first-order valence-electron chi connectivity index (χ1n) is 11.2. The van der Waals surface area contributed by atoms with Gasteiger partial charge in [0.05, 0.1) is 16.8 Å². The van der Waals surface area contributed by atoms with Crippen molar-refractivity contribution in [3.8, 4) is 11.4 Å². The Kier molecular flexibility index (Phi) is 5.56. The van der Waals surface area contributed by atoms with Gasteiger partial charge < -0.3 is 20.4 Å².